The van der Waals surface area contributed by atoms with Crippen LogP contribution in [0.25, 0.3) is 0 Å². The molecule has 1 saturated carbocycles. The van der Waals surface area contributed by atoms with Gasteiger partial charge in [0.15, 0.2) is 0 Å². The van der Waals surface area contributed by atoms with Crippen LogP contribution in [0.15, 0.2) is 18.2 Å². The van der Waals surface area contributed by atoms with Crippen LogP contribution in [0, 0.1) is 13.8 Å². The third-order valence-electron chi connectivity index (χ3n) is 4.26. The maximum absolute atomic E-state index is 12.1. The first-order chi connectivity index (χ1) is 9.56. The van der Waals surface area contributed by atoms with Crippen molar-refractivity contribution in [1.82, 2.24) is 5.32 Å². The van der Waals surface area contributed by atoms with Crippen LogP contribution in [0.3, 0.4) is 0 Å². The minimum absolute atomic E-state index is 0. The van der Waals surface area contributed by atoms with E-state index in [1.165, 1.54) is 0 Å². The lowest BCUT2D eigenvalue weighted by atomic mass is 9.98. The van der Waals surface area contributed by atoms with Gasteiger partial charge in [-0.2, -0.15) is 0 Å². The molecule has 126 valence electrons. The van der Waals surface area contributed by atoms with Gasteiger partial charge in [-0.25, -0.2) is 0 Å². The number of anilines is 1. The van der Waals surface area contributed by atoms with Crippen molar-refractivity contribution in [2.24, 2.45) is 5.73 Å². The zero-order valence-corrected chi connectivity index (χ0v) is 14.9. The summed E-state index contributed by atoms with van der Waals surface area (Å²) in [7, 11) is 0. The monoisotopic (exact) mass is 347 g/mol. The van der Waals surface area contributed by atoms with Crippen LogP contribution >= 0.6 is 24.8 Å². The average molecular weight is 348 g/mol. The summed E-state index contributed by atoms with van der Waals surface area (Å²) in [6.07, 6.45) is 4.31. The predicted octanol–water partition coefficient (Wildman–Crippen LogP) is 2.95. The lowest BCUT2D eigenvalue weighted by Crippen LogP contribution is -2.53. The molecule has 1 amide bonds. The molecule has 0 radical (unpaired) electrons. The van der Waals surface area contributed by atoms with Gasteiger partial charge in [0.1, 0.15) is 0 Å². The summed E-state index contributed by atoms with van der Waals surface area (Å²) in [5.74, 6) is 0.0278. The molecule has 6 heteroatoms. The second kappa shape index (κ2) is 9.23. The van der Waals surface area contributed by atoms with Crippen molar-refractivity contribution in [2.75, 3.05) is 18.4 Å². The van der Waals surface area contributed by atoms with Crippen molar-refractivity contribution in [2.45, 2.75) is 45.1 Å². The Morgan fingerprint density at radius 3 is 2.23 bits per heavy atom. The van der Waals surface area contributed by atoms with Crippen LogP contribution in [0.1, 0.15) is 36.8 Å². The number of carbonyl (C=O) groups is 1. The normalized spacial score (nSPS) is 15.4. The van der Waals surface area contributed by atoms with E-state index < -0.39 is 0 Å². The maximum Gasteiger partial charge on any atom is 0.239 e. The first-order valence-electron chi connectivity index (χ1n) is 7.37. The van der Waals surface area contributed by atoms with Crippen molar-refractivity contribution >= 4 is 36.4 Å². The number of para-hydroxylation sites is 1. The number of aryl methyl sites for hydroxylation is 2. The standard InChI is InChI=1S/C16H25N3O.2ClH/c1-12-6-5-7-13(2)15(12)18-10-14(20)19-16(11-17)8-3-4-9-16;;/h5-7,18H,3-4,8-11,17H2,1-2H3,(H,19,20);2*1H. The van der Waals surface area contributed by atoms with E-state index in [0.29, 0.717) is 13.1 Å². The highest BCUT2D eigenvalue weighted by Gasteiger charge is 2.33. The Morgan fingerprint density at radius 2 is 1.73 bits per heavy atom. The van der Waals surface area contributed by atoms with Gasteiger partial charge >= 0.3 is 0 Å². The number of hydrogen-bond donors (Lipinski definition) is 3. The van der Waals surface area contributed by atoms with Crippen molar-refractivity contribution in [3.8, 4) is 0 Å². The Labute approximate surface area is 145 Å². The fourth-order valence-electron chi connectivity index (χ4n) is 3.03. The SMILES string of the molecule is Cc1cccc(C)c1NCC(=O)NC1(CN)CCCC1.Cl.Cl. The molecule has 2 rings (SSSR count). The Bertz CT molecular complexity index is 468. The molecule has 1 aliphatic rings. The molecule has 1 aromatic rings. The molecular formula is C16H27Cl2N3O. The zero-order valence-electron chi connectivity index (χ0n) is 13.3. The smallest absolute Gasteiger partial charge is 0.239 e. The zero-order chi connectivity index (χ0) is 14.6. The number of hydrogen-bond acceptors (Lipinski definition) is 3. The number of halogens is 2. The number of amides is 1. The van der Waals surface area contributed by atoms with Gasteiger partial charge in [-0.1, -0.05) is 31.0 Å². The van der Waals surface area contributed by atoms with E-state index in [0.717, 1.165) is 42.5 Å². The fraction of sp³-hybridized carbons (Fsp3) is 0.562. The topological polar surface area (TPSA) is 67.2 Å². The molecule has 1 fully saturated rings. The van der Waals surface area contributed by atoms with E-state index in [2.05, 4.69) is 10.6 Å². The Kier molecular flexibility index (Phi) is 8.83. The molecule has 22 heavy (non-hydrogen) atoms. The molecule has 4 nitrogen and oxygen atoms in total. The lowest BCUT2D eigenvalue weighted by Gasteiger charge is -2.29. The van der Waals surface area contributed by atoms with Gasteiger partial charge in [0.2, 0.25) is 5.91 Å². The summed E-state index contributed by atoms with van der Waals surface area (Å²) in [6, 6.07) is 6.12. The fourth-order valence-corrected chi connectivity index (χ4v) is 3.03. The minimum Gasteiger partial charge on any atom is -0.376 e. The molecule has 0 atom stereocenters. The minimum atomic E-state index is -0.167. The van der Waals surface area contributed by atoms with Crippen molar-refractivity contribution in [1.29, 1.82) is 0 Å². The van der Waals surface area contributed by atoms with Gasteiger partial charge in [-0.15, -0.1) is 24.8 Å². The van der Waals surface area contributed by atoms with E-state index in [1.807, 2.05) is 32.0 Å². The molecular weight excluding hydrogens is 321 g/mol. The van der Waals surface area contributed by atoms with Crippen LogP contribution in [-0.4, -0.2) is 24.5 Å². The van der Waals surface area contributed by atoms with Crippen molar-refractivity contribution < 1.29 is 4.79 Å². The lowest BCUT2D eigenvalue weighted by molar-refractivity contribution is -0.121. The largest absolute Gasteiger partial charge is 0.376 e. The van der Waals surface area contributed by atoms with Crippen LogP contribution in [0.5, 0.6) is 0 Å². The Hall–Kier alpha value is -0.970. The summed E-state index contributed by atoms with van der Waals surface area (Å²) >= 11 is 0. The van der Waals surface area contributed by atoms with E-state index in [4.69, 9.17) is 5.73 Å². The third kappa shape index (κ3) is 5.04. The molecule has 0 aliphatic heterocycles. The van der Waals surface area contributed by atoms with E-state index in [-0.39, 0.29) is 36.3 Å². The number of nitrogens with one attached hydrogen (secondary N) is 2. The molecule has 0 bridgehead atoms. The summed E-state index contributed by atoms with van der Waals surface area (Å²) in [5.41, 5.74) is 9.04. The number of nitrogens with two attached hydrogens (primary N) is 1. The first kappa shape index (κ1) is 21.0. The summed E-state index contributed by atoms with van der Waals surface area (Å²) < 4.78 is 0. The molecule has 0 saturated heterocycles. The highest BCUT2D eigenvalue weighted by atomic mass is 35.5. The van der Waals surface area contributed by atoms with Crippen LogP contribution in [0.4, 0.5) is 5.69 Å². The van der Waals surface area contributed by atoms with Gasteiger partial charge in [0.25, 0.3) is 0 Å². The van der Waals surface area contributed by atoms with Gasteiger partial charge in [-0.3, -0.25) is 4.79 Å². The quantitative estimate of drug-likeness (QED) is 0.766. The maximum atomic E-state index is 12.1. The van der Waals surface area contributed by atoms with Gasteiger partial charge in [-0.05, 0) is 37.8 Å². The van der Waals surface area contributed by atoms with Crippen molar-refractivity contribution in [3.63, 3.8) is 0 Å². The van der Waals surface area contributed by atoms with E-state index >= 15 is 0 Å². The number of rotatable bonds is 5. The van der Waals surface area contributed by atoms with Crippen LogP contribution in [-0.2, 0) is 4.79 Å². The molecule has 0 spiro atoms. The van der Waals surface area contributed by atoms with Crippen molar-refractivity contribution in [3.05, 3.63) is 29.3 Å². The average Bonchev–Trinajstić information content (AvgIpc) is 2.87. The second-order valence-electron chi connectivity index (χ2n) is 5.86. The Morgan fingerprint density at radius 1 is 1.18 bits per heavy atom. The van der Waals surface area contributed by atoms with Crippen LogP contribution < -0.4 is 16.4 Å². The van der Waals surface area contributed by atoms with Crippen LogP contribution in [0.2, 0.25) is 0 Å². The van der Waals surface area contributed by atoms with Gasteiger partial charge in [0, 0.05) is 12.2 Å². The predicted molar refractivity (Wildman–Crippen MR) is 97.3 cm³/mol. The highest BCUT2D eigenvalue weighted by molar-refractivity contribution is 5.85. The van der Waals surface area contributed by atoms with Gasteiger partial charge < -0.3 is 16.4 Å². The molecule has 1 aromatic carbocycles. The highest BCUT2D eigenvalue weighted by Crippen LogP contribution is 2.28. The Balaban J connectivity index is 0.00000220. The summed E-state index contributed by atoms with van der Waals surface area (Å²) in [4.78, 5) is 12.1. The first-order valence-corrected chi connectivity index (χ1v) is 7.37. The molecule has 1 aliphatic carbocycles. The summed E-state index contributed by atoms with van der Waals surface area (Å²) in [6.45, 7) is 4.92. The number of benzene rings is 1. The van der Waals surface area contributed by atoms with E-state index in [1.54, 1.807) is 0 Å². The molecule has 0 heterocycles. The molecule has 0 aromatic heterocycles. The number of carbonyl (C=O) groups excluding carboxylic acids is 1. The second-order valence-corrected chi connectivity index (χ2v) is 5.86. The third-order valence-corrected chi connectivity index (χ3v) is 4.26. The summed E-state index contributed by atoms with van der Waals surface area (Å²) in [5, 5.41) is 6.37. The molecule has 4 N–H and O–H groups in total. The van der Waals surface area contributed by atoms with Gasteiger partial charge in [0.05, 0.1) is 12.1 Å². The molecule has 0 unspecified atom stereocenters. The van der Waals surface area contributed by atoms with E-state index in [9.17, 15) is 4.79 Å².